The number of halogens is 2. The number of fused-ring (bicyclic) bond motifs is 3. The quantitative estimate of drug-likeness (QED) is 0.558. The van der Waals surface area contributed by atoms with Crippen LogP contribution in [0, 0.1) is 5.82 Å². The topological polar surface area (TPSA) is 61.2 Å². The van der Waals surface area contributed by atoms with E-state index in [1.807, 2.05) is 0 Å². The zero-order valence-corrected chi connectivity index (χ0v) is 17.0. The summed E-state index contributed by atoms with van der Waals surface area (Å²) in [5.74, 6) is -0.971. The van der Waals surface area contributed by atoms with Crippen molar-refractivity contribution in [3.05, 3.63) is 55.0 Å². The van der Waals surface area contributed by atoms with Crippen LogP contribution >= 0.6 is 27.3 Å². The van der Waals surface area contributed by atoms with E-state index in [-0.39, 0.29) is 17.9 Å². The summed E-state index contributed by atoms with van der Waals surface area (Å²) in [4.78, 5) is 25.6. The molecule has 0 fully saturated rings. The van der Waals surface area contributed by atoms with E-state index < -0.39 is 11.8 Å². The van der Waals surface area contributed by atoms with Crippen LogP contribution in [0.3, 0.4) is 0 Å². The first-order chi connectivity index (χ1) is 13.0. The Kier molecular flexibility index (Phi) is 4.86. The fourth-order valence-corrected chi connectivity index (χ4v) is 5.24. The molecule has 8 heteroatoms. The second-order valence-electron chi connectivity index (χ2n) is 6.48. The number of thiophene rings is 1. The Morgan fingerprint density at radius 1 is 1.37 bits per heavy atom. The van der Waals surface area contributed by atoms with Crippen LogP contribution < -0.4 is 5.56 Å². The maximum Gasteiger partial charge on any atom is 0.302 e. The summed E-state index contributed by atoms with van der Waals surface area (Å²) in [5, 5.41) is 5.21. The second kappa shape index (κ2) is 7.16. The molecule has 1 aliphatic rings. The van der Waals surface area contributed by atoms with Crippen LogP contribution in [-0.2, 0) is 29.0 Å². The van der Waals surface area contributed by atoms with Crippen LogP contribution in [0.1, 0.15) is 35.8 Å². The first-order valence-corrected chi connectivity index (χ1v) is 10.2. The highest BCUT2D eigenvalue weighted by molar-refractivity contribution is 9.10. The SMILES string of the molecule is CC(=O)OCc1c(Br)cc(F)cc1-n1ncc2c3c(sc2c1=O)CCCC3. The maximum absolute atomic E-state index is 14.0. The molecular formula is C19H16BrFN2O3S. The summed E-state index contributed by atoms with van der Waals surface area (Å²) in [5.41, 5.74) is 1.69. The van der Waals surface area contributed by atoms with Crippen LogP contribution in [0.25, 0.3) is 15.8 Å². The Morgan fingerprint density at radius 3 is 2.93 bits per heavy atom. The molecule has 0 saturated carbocycles. The van der Waals surface area contributed by atoms with Gasteiger partial charge in [-0.15, -0.1) is 11.3 Å². The van der Waals surface area contributed by atoms with Gasteiger partial charge in [-0.3, -0.25) is 9.59 Å². The average molecular weight is 451 g/mol. The van der Waals surface area contributed by atoms with Gasteiger partial charge in [0, 0.05) is 33.3 Å². The Morgan fingerprint density at radius 2 is 2.15 bits per heavy atom. The molecule has 0 atom stereocenters. The van der Waals surface area contributed by atoms with Gasteiger partial charge in [-0.1, -0.05) is 15.9 Å². The van der Waals surface area contributed by atoms with Gasteiger partial charge in [0.2, 0.25) is 0 Å². The van der Waals surface area contributed by atoms with Crippen molar-refractivity contribution >= 4 is 43.3 Å². The van der Waals surface area contributed by atoms with E-state index in [1.165, 1.54) is 45.5 Å². The molecule has 2 heterocycles. The zero-order valence-electron chi connectivity index (χ0n) is 14.6. The van der Waals surface area contributed by atoms with Crippen molar-refractivity contribution in [2.75, 3.05) is 0 Å². The maximum atomic E-state index is 14.0. The zero-order chi connectivity index (χ0) is 19.1. The molecule has 0 saturated heterocycles. The molecule has 0 aliphatic heterocycles. The normalized spacial score (nSPS) is 13.6. The molecule has 5 nitrogen and oxygen atoms in total. The van der Waals surface area contributed by atoms with E-state index in [9.17, 15) is 14.0 Å². The molecule has 2 aromatic heterocycles. The van der Waals surface area contributed by atoms with Gasteiger partial charge >= 0.3 is 5.97 Å². The lowest BCUT2D eigenvalue weighted by atomic mass is 9.97. The van der Waals surface area contributed by atoms with Gasteiger partial charge < -0.3 is 4.74 Å². The number of aromatic nitrogens is 2. The number of benzene rings is 1. The van der Waals surface area contributed by atoms with Crippen molar-refractivity contribution in [1.82, 2.24) is 9.78 Å². The van der Waals surface area contributed by atoms with E-state index in [0.717, 1.165) is 31.1 Å². The molecule has 0 spiro atoms. The van der Waals surface area contributed by atoms with Crippen molar-refractivity contribution in [2.45, 2.75) is 39.2 Å². The van der Waals surface area contributed by atoms with Crippen molar-refractivity contribution in [3.63, 3.8) is 0 Å². The largest absolute Gasteiger partial charge is 0.461 e. The number of carbonyl (C=O) groups is 1. The first-order valence-electron chi connectivity index (χ1n) is 8.60. The number of ether oxygens (including phenoxy) is 1. The number of rotatable bonds is 3. The molecule has 0 N–H and O–H groups in total. The van der Waals surface area contributed by atoms with Crippen LogP contribution in [0.4, 0.5) is 4.39 Å². The number of nitrogens with zero attached hydrogens (tertiary/aromatic N) is 2. The standard InChI is InChI=1S/C19H16BrFN2O3S/c1-10(24)26-9-14-15(20)6-11(21)7-16(14)23-19(25)18-13(8-22-23)12-4-2-3-5-17(12)27-18/h6-8H,2-5,9H2,1H3. The van der Waals surface area contributed by atoms with Crippen molar-refractivity contribution in [1.29, 1.82) is 0 Å². The summed E-state index contributed by atoms with van der Waals surface area (Å²) >= 11 is 4.80. The van der Waals surface area contributed by atoms with Crippen LogP contribution in [0.5, 0.6) is 0 Å². The number of carbonyl (C=O) groups excluding carboxylic acids is 1. The van der Waals surface area contributed by atoms with Crippen LogP contribution in [-0.4, -0.2) is 15.7 Å². The first kappa shape index (κ1) is 18.3. The highest BCUT2D eigenvalue weighted by atomic mass is 79.9. The smallest absolute Gasteiger partial charge is 0.302 e. The Balaban J connectivity index is 1.91. The fraction of sp³-hybridized carbons (Fsp3) is 0.316. The summed E-state index contributed by atoms with van der Waals surface area (Å²) in [6.07, 6.45) is 5.88. The molecule has 0 radical (unpaired) electrons. The Labute approximate surface area is 166 Å². The summed E-state index contributed by atoms with van der Waals surface area (Å²) in [7, 11) is 0. The molecule has 0 amide bonds. The predicted octanol–water partition coefficient (Wildman–Crippen LogP) is 4.29. The summed E-state index contributed by atoms with van der Waals surface area (Å²) in [6.45, 7) is 1.21. The molecule has 3 aromatic rings. The third kappa shape index (κ3) is 3.32. The molecular weight excluding hydrogens is 435 g/mol. The Hall–Kier alpha value is -2.06. The van der Waals surface area contributed by atoms with Gasteiger partial charge in [0.25, 0.3) is 5.56 Å². The molecule has 1 aromatic carbocycles. The van der Waals surface area contributed by atoms with Crippen molar-refractivity contribution in [2.24, 2.45) is 0 Å². The van der Waals surface area contributed by atoms with E-state index >= 15 is 0 Å². The molecule has 140 valence electrons. The average Bonchev–Trinajstić information content (AvgIpc) is 3.00. The molecule has 4 rings (SSSR count). The lowest BCUT2D eigenvalue weighted by Crippen LogP contribution is -2.22. The highest BCUT2D eigenvalue weighted by Gasteiger charge is 2.21. The van der Waals surface area contributed by atoms with Crippen molar-refractivity contribution < 1.29 is 13.9 Å². The summed E-state index contributed by atoms with van der Waals surface area (Å²) < 4.78 is 21.4. The number of esters is 1. The van der Waals surface area contributed by atoms with Gasteiger partial charge in [-0.2, -0.15) is 9.78 Å². The second-order valence-corrected chi connectivity index (χ2v) is 8.44. The van der Waals surface area contributed by atoms with Gasteiger partial charge in [0.1, 0.15) is 17.1 Å². The lowest BCUT2D eigenvalue weighted by molar-refractivity contribution is -0.142. The van der Waals surface area contributed by atoms with Gasteiger partial charge in [0.15, 0.2) is 0 Å². The van der Waals surface area contributed by atoms with Crippen LogP contribution in [0.15, 0.2) is 27.6 Å². The van der Waals surface area contributed by atoms with Gasteiger partial charge in [0.05, 0.1) is 11.9 Å². The molecule has 27 heavy (non-hydrogen) atoms. The third-order valence-electron chi connectivity index (χ3n) is 4.69. The van der Waals surface area contributed by atoms with E-state index in [2.05, 4.69) is 21.0 Å². The minimum atomic E-state index is -0.511. The van der Waals surface area contributed by atoms with E-state index in [0.29, 0.717) is 14.7 Å². The van der Waals surface area contributed by atoms with Crippen molar-refractivity contribution in [3.8, 4) is 5.69 Å². The van der Waals surface area contributed by atoms with Gasteiger partial charge in [-0.05, 0) is 37.3 Å². The molecule has 0 bridgehead atoms. The predicted molar refractivity (Wildman–Crippen MR) is 105 cm³/mol. The lowest BCUT2D eigenvalue weighted by Gasteiger charge is -2.13. The molecule has 0 unspecified atom stereocenters. The number of hydrogen-bond donors (Lipinski definition) is 0. The molecule has 1 aliphatic carbocycles. The number of aryl methyl sites for hydroxylation is 2. The minimum Gasteiger partial charge on any atom is -0.461 e. The number of hydrogen-bond acceptors (Lipinski definition) is 5. The van der Waals surface area contributed by atoms with Gasteiger partial charge in [-0.25, -0.2) is 4.39 Å². The highest BCUT2D eigenvalue weighted by Crippen LogP contribution is 2.34. The fourth-order valence-electron chi connectivity index (χ4n) is 3.42. The Bertz CT molecular complexity index is 1120. The summed E-state index contributed by atoms with van der Waals surface area (Å²) in [6, 6.07) is 2.51. The van der Waals surface area contributed by atoms with E-state index in [1.54, 1.807) is 6.20 Å². The monoisotopic (exact) mass is 450 g/mol. The minimum absolute atomic E-state index is 0.0847. The van der Waals surface area contributed by atoms with Crippen LogP contribution in [0.2, 0.25) is 0 Å². The van der Waals surface area contributed by atoms with E-state index in [4.69, 9.17) is 4.74 Å². The third-order valence-corrected chi connectivity index (χ3v) is 6.69.